The average Bonchev–Trinajstić information content (AvgIpc) is 2.58. The van der Waals surface area contributed by atoms with E-state index >= 15 is 0 Å². The fraction of sp³-hybridized carbons (Fsp3) is 0.632. The molecule has 2 atom stereocenters. The highest BCUT2D eigenvalue weighted by Crippen LogP contribution is 2.48. The van der Waals surface area contributed by atoms with Gasteiger partial charge in [-0.2, -0.15) is 0 Å². The van der Waals surface area contributed by atoms with E-state index < -0.39 is 0 Å². The smallest absolute Gasteiger partial charge is 0.240 e. The molecule has 0 radical (unpaired) electrons. The highest BCUT2D eigenvalue weighted by Gasteiger charge is 2.53. The van der Waals surface area contributed by atoms with Crippen molar-refractivity contribution < 1.29 is 9.53 Å². The predicted octanol–water partition coefficient (Wildman–Crippen LogP) is 3.22. The van der Waals surface area contributed by atoms with Gasteiger partial charge in [-0.1, -0.05) is 32.0 Å². The van der Waals surface area contributed by atoms with Crippen LogP contribution in [0.2, 0.25) is 0 Å². The van der Waals surface area contributed by atoms with E-state index in [0.29, 0.717) is 18.7 Å². The van der Waals surface area contributed by atoms with Crippen molar-refractivity contribution in [3.8, 4) is 0 Å². The third-order valence-corrected chi connectivity index (χ3v) is 5.49. The summed E-state index contributed by atoms with van der Waals surface area (Å²) >= 11 is 0. The molecule has 1 amide bonds. The number of nitrogens with one attached hydrogen (secondary N) is 1. The number of carbonyl (C=O) groups excluding carboxylic acids is 1. The standard InChI is InChI=1S/C19H30N2O2/c1-5-19(6-2)16(13-17(19)23-7-3)20-14-18(22)21(4)15-11-9-8-10-12-15/h8-12,16-17,20H,5-7,13-14H2,1-4H3. The minimum atomic E-state index is 0.0946. The first kappa shape index (κ1) is 18.0. The van der Waals surface area contributed by atoms with Crippen LogP contribution in [0.3, 0.4) is 0 Å². The van der Waals surface area contributed by atoms with Crippen molar-refractivity contribution in [1.29, 1.82) is 0 Å². The second-order valence-corrected chi connectivity index (χ2v) is 6.34. The summed E-state index contributed by atoms with van der Waals surface area (Å²) in [6.45, 7) is 7.63. The van der Waals surface area contributed by atoms with E-state index in [1.165, 1.54) is 0 Å². The zero-order chi connectivity index (χ0) is 16.9. The number of hydrogen-bond acceptors (Lipinski definition) is 3. The first-order valence-corrected chi connectivity index (χ1v) is 8.75. The van der Waals surface area contributed by atoms with E-state index in [9.17, 15) is 4.79 Å². The van der Waals surface area contributed by atoms with Crippen LogP contribution < -0.4 is 10.2 Å². The van der Waals surface area contributed by atoms with Gasteiger partial charge in [0.15, 0.2) is 0 Å². The summed E-state index contributed by atoms with van der Waals surface area (Å²) in [5.41, 5.74) is 1.10. The van der Waals surface area contributed by atoms with E-state index in [0.717, 1.165) is 31.6 Å². The number of hydrogen-bond donors (Lipinski definition) is 1. The van der Waals surface area contributed by atoms with Gasteiger partial charge in [0.05, 0.1) is 12.6 Å². The Labute approximate surface area is 140 Å². The maximum atomic E-state index is 12.4. The Bertz CT molecular complexity index is 499. The first-order valence-electron chi connectivity index (χ1n) is 8.75. The lowest BCUT2D eigenvalue weighted by Gasteiger charge is -2.55. The number of ether oxygens (including phenoxy) is 1. The number of likely N-dealkylation sites (N-methyl/N-ethyl adjacent to an activating group) is 1. The number of rotatable bonds is 8. The summed E-state index contributed by atoms with van der Waals surface area (Å²) in [6.07, 6.45) is 3.47. The Kier molecular flexibility index (Phi) is 6.19. The van der Waals surface area contributed by atoms with E-state index in [1.54, 1.807) is 4.90 Å². The number of anilines is 1. The number of para-hydroxylation sites is 1. The molecule has 4 heteroatoms. The minimum absolute atomic E-state index is 0.0946. The minimum Gasteiger partial charge on any atom is -0.378 e. The molecular weight excluding hydrogens is 288 g/mol. The molecule has 0 aromatic heterocycles. The number of carbonyl (C=O) groups is 1. The molecule has 1 aromatic carbocycles. The van der Waals surface area contributed by atoms with E-state index in [1.807, 2.05) is 37.4 Å². The summed E-state index contributed by atoms with van der Waals surface area (Å²) in [4.78, 5) is 14.1. The monoisotopic (exact) mass is 318 g/mol. The topological polar surface area (TPSA) is 41.6 Å². The molecule has 2 unspecified atom stereocenters. The molecule has 0 bridgehead atoms. The molecule has 0 spiro atoms. The molecule has 1 aliphatic rings. The van der Waals surface area contributed by atoms with Crippen LogP contribution in [0.25, 0.3) is 0 Å². The van der Waals surface area contributed by atoms with Gasteiger partial charge >= 0.3 is 0 Å². The van der Waals surface area contributed by atoms with Gasteiger partial charge in [-0.25, -0.2) is 0 Å². The fourth-order valence-corrected chi connectivity index (χ4v) is 3.79. The zero-order valence-corrected chi connectivity index (χ0v) is 14.8. The Morgan fingerprint density at radius 3 is 2.48 bits per heavy atom. The summed E-state index contributed by atoms with van der Waals surface area (Å²) in [5, 5.41) is 3.48. The third kappa shape index (κ3) is 3.59. The van der Waals surface area contributed by atoms with Crippen molar-refractivity contribution in [1.82, 2.24) is 5.32 Å². The molecule has 4 nitrogen and oxygen atoms in total. The Balaban J connectivity index is 1.91. The van der Waals surface area contributed by atoms with Crippen molar-refractivity contribution >= 4 is 11.6 Å². The second-order valence-electron chi connectivity index (χ2n) is 6.34. The van der Waals surface area contributed by atoms with Crippen molar-refractivity contribution in [3.63, 3.8) is 0 Å². The van der Waals surface area contributed by atoms with Crippen LogP contribution in [0.1, 0.15) is 40.0 Å². The van der Waals surface area contributed by atoms with Gasteiger partial charge in [0, 0.05) is 30.8 Å². The Hall–Kier alpha value is -1.39. The first-order chi connectivity index (χ1) is 11.1. The molecule has 1 aliphatic carbocycles. The van der Waals surface area contributed by atoms with Gasteiger partial charge in [0.2, 0.25) is 5.91 Å². The highest BCUT2D eigenvalue weighted by molar-refractivity contribution is 5.94. The molecule has 0 heterocycles. The van der Waals surface area contributed by atoms with Crippen LogP contribution in [-0.4, -0.2) is 38.3 Å². The summed E-state index contributed by atoms with van der Waals surface area (Å²) in [6, 6.07) is 10.1. The van der Waals surface area contributed by atoms with Crippen LogP contribution in [0.5, 0.6) is 0 Å². The van der Waals surface area contributed by atoms with Crippen LogP contribution in [0.4, 0.5) is 5.69 Å². The van der Waals surface area contributed by atoms with Crippen LogP contribution >= 0.6 is 0 Å². The van der Waals surface area contributed by atoms with Gasteiger partial charge < -0.3 is 15.0 Å². The Morgan fingerprint density at radius 1 is 1.26 bits per heavy atom. The highest BCUT2D eigenvalue weighted by atomic mass is 16.5. The molecule has 0 aliphatic heterocycles. The van der Waals surface area contributed by atoms with E-state index in [2.05, 4.69) is 26.1 Å². The van der Waals surface area contributed by atoms with Crippen molar-refractivity contribution in [2.75, 3.05) is 25.1 Å². The zero-order valence-electron chi connectivity index (χ0n) is 14.8. The van der Waals surface area contributed by atoms with Crippen molar-refractivity contribution in [3.05, 3.63) is 30.3 Å². The van der Waals surface area contributed by atoms with E-state index in [4.69, 9.17) is 4.74 Å². The molecule has 1 N–H and O–H groups in total. The van der Waals surface area contributed by atoms with Crippen molar-refractivity contribution in [2.24, 2.45) is 5.41 Å². The lowest BCUT2D eigenvalue weighted by Crippen LogP contribution is -2.64. The van der Waals surface area contributed by atoms with Crippen molar-refractivity contribution in [2.45, 2.75) is 52.2 Å². The lowest BCUT2D eigenvalue weighted by atomic mass is 9.58. The Morgan fingerprint density at radius 2 is 1.91 bits per heavy atom. The second kappa shape index (κ2) is 7.93. The van der Waals surface area contributed by atoms with Crippen LogP contribution in [-0.2, 0) is 9.53 Å². The molecule has 1 aromatic rings. The SMILES string of the molecule is CCOC1CC(NCC(=O)N(C)c2ccccc2)C1(CC)CC. The summed E-state index contributed by atoms with van der Waals surface area (Å²) in [5.74, 6) is 0.0946. The largest absolute Gasteiger partial charge is 0.378 e. The number of amides is 1. The fourth-order valence-electron chi connectivity index (χ4n) is 3.79. The molecule has 0 saturated heterocycles. The molecule has 2 rings (SSSR count). The number of nitrogens with zero attached hydrogens (tertiary/aromatic N) is 1. The van der Waals surface area contributed by atoms with Crippen LogP contribution in [0, 0.1) is 5.41 Å². The maximum absolute atomic E-state index is 12.4. The van der Waals surface area contributed by atoms with Gasteiger partial charge in [0.25, 0.3) is 0 Å². The molecular formula is C19H30N2O2. The quantitative estimate of drug-likeness (QED) is 0.800. The van der Waals surface area contributed by atoms with Gasteiger partial charge in [-0.15, -0.1) is 0 Å². The van der Waals surface area contributed by atoms with Gasteiger partial charge in [-0.05, 0) is 38.3 Å². The predicted molar refractivity (Wildman–Crippen MR) is 94.7 cm³/mol. The summed E-state index contributed by atoms with van der Waals surface area (Å²) in [7, 11) is 1.83. The molecule has 23 heavy (non-hydrogen) atoms. The number of benzene rings is 1. The molecule has 1 saturated carbocycles. The van der Waals surface area contributed by atoms with Crippen LogP contribution in [0.15, 0.2) is 30.3 Å². The van der Waals surface area contributed by atoms with E-state index in [-0.39, 0.29) is 11.3 Å². The third-order valence-electron chi connectivity index (χ3n) is 5.49. The molecule has 1 fully saturated rings. The lowest BCUT2D eigenvalue weighted by molar-refractivity contribution is -0.140. The maximum Gasteiger partial charge on any atom is 0.240 e. The average molecular weight is 318 g/mol. The van der Waals surface area contributed by atoms with Gasteiger partial charge in [-0.3, -0.25) is 4.79 Å². The molecule has 128 valence electrons. The van der Waals surface area contributed by atoms with Gasteiger partial charge in [0.1, 0.15) is 0 Å². The summed E-state index contributed by atoms with van der Waals surface area (Å²) < 4.78 is 5.89. The normalized spacial score (nSPS) is 22.4.